The Hall–Kier alpha value is -2.85. The highest BCUT2D eigenvalue weighted by Gasteiger charge is 2.25. The van der Waals surface area contributed by atoms with Crippen molar-refractivity contribution in [3.05, 3.63) is 34.5 Å². The van der Waals surface area contributed by atoms with Crippen LogP contribution in [0.15, 0.2) is 23.4 Å². The first-order valence-electron chi connectivity index (χ1n) is 11.0. The molecule has 0 saturated carbocycles. The number of aromatic nitrogens is 4. The summed E-state index contributed by atoms with van der Waals surface area (Å²) in [4.78, 5) is 20.0. The number of thioether (sulfide) groups is 1. The van der Waals surface area contributed by atoms with Crippen LogP contribution in [0.5, 0.6) is 11.5 Å². The van der Waals surface area contributed by atoms with E-state index in [2.05, 4.69) is 22.4 Å². The third-order valence-electron chi connectivity index (χ3n) is 6.10. The lowest BCUT2D eigenvalue weighted by atomic mass is 9.89. The predicted octanol–water partition coefficient (Wildman–Crippen LogP) is 4.27. The van der Waals surface area contributed by atoms with Crippen molar-refractivity contribution in [3.63, 3.8) is 0 Å². The third kappa shape index (κ3) is 3.71. The summed E-state index contributed by atoms with van der Waals surface area (Å²) >= 11 is 3.15. The third-order valence-corrected chi connectivity index (χ3v) is 8.17. The molecule has 170 valence electrons. The smallest absolute Gasteiger partial charge is 0.234 e. The number of ether oxygens (including phenoxy) is 2. The van der Waals surface area contributed by atoms with Gasteiger partial charge in [0.2, 0.25) is 5.91 Å². The van der Waals surface area contributed by atoms with E-state index in [1.165, 1.54) is 28.6 Å². The van der Waals surface area contributed by atoms with E-state index >= 15 is 0 Å². The molecule has 8 nitrogen and oxygen atoms in total. The summed E-state index contributed by atoms with van der Waals surface area (Å²) in [6, 6.07) is 5.41. The van der Waals surface area contributed by atoms with Crippen molar-refractivity contribution < 1.29 is 14.3 Å². The molecule has 0 fully saturated rings. The molecule has 4 heterocycles. The van der Waals surface area contributed by atoms with E-state index in [9.17, 15) is 4.79 Å². The fourth-order valence-corrected chi connectivity index (χ4v) is 6.71. The molecule has 3 aromatic heterocycles. The highest BCUT2D eigenvalue weighted by molar-refractivity contribution is 7.99. The number of carbonyl (C=O) groups excluding carboxylic acids is 1. The molecule has 1 amide bonds. The summed E-state index contributed by atoms with van der Waals surface area (Å²) in [6.45, 7) is 5.32. The molecule has 1 aliphatic carbocycles. The minimum atomic E-state index is -0.123. The monoisotopic (exact) mass is 481 g/mol. The van der Waals surface area contributed by atoms with Gasteiger partial charge < -0.3 is 14.8 Å². The van der Waals surface area contributed by atoms with Gasteiger partial charge in [-0.05, 0) is 49.8 Å². The van der Waals surface area contributed by atoms with Crippen LogP contribution in [-0.4, -0.2) is 44.5 Å². The van der Waals surface area contributed by atoms with Crippen molar-refractivity contribution in [2.45, 2.75) is 38.3 Å². The van der Waals surface area contributed by atoms with Crippen LogP contribution in [0.4, 0.5) is 5.69 Å². The SMILES string of the molecule is Cc1nc2sc3c(c2c2nnc(SCC(=O)Nc4ccc5c(c4)OCCO5)n12)CCC(C)C3. The minimum Gasteiger partial charge on any atom is -0.486 e. The van der Waals surface area contributed by atoms with Gasteiger partial charge in [-0.15, -0.1) is 21.5 Å². The quantitative estimate of drug-likeness (QED) is 0.435. The van der Waals surface area contributed by atoms with Crippen molar-refractivity contribution in [1.82, 2.24) is 19.6 Å². The number of thiophene rings is 1. The van der Waals surface area contributed by atoms with Gasteiger partial charge in [0.25, 0.3) is 0 Å². The summed E-state index contributed by atoms with van der Waals surface area (Å²) in [5.74, 6) is 2.98. The number of nitrogens with zero attached hydrogens (tertiary/aromatic N) is 4. The largest absolute Gasteiger partial charge is 0.486 e. The number of hydrogen-bond acceptors (Lipinski definition) is 8. The van der Waals surface area contributed by atoms with Crippen molar-refractivity contribution in [2.75, 3.05) is 24.3 Å². The maximum Gasteiger partial charge on any atom is 0.234 e. The number of fused-ring (bicyclic) bond motifs is 6. The van der Waals surface area contributed by atoms with E-state index in [1.54, 1.807) is 17.4 Å². The van der Waals surface area contributed by atoms with Crippen LogP contribution >= 0.6 is 23.1 Å². The summed E-state index contributed by atoms with van der Waals surface area (Å²) in [5.41, 5.74) is 2.90. The molecule has 0 spiro atoms. The zero-order valence-corrected chi connectivity index (χ0v) is 20.0. The summed E-state index contributed by atoms with van der Waals surface area (Å²) in [6.07, 6.45) is 3.36. The predicted molar refractivity (Wildman–Crippen MR) is 129 cm³/mol. The van der Waals surface area contributed by atoms with Gasteiger partial charge in [0.1, 0.15) is 23.9 Å². The molecule has 0 radical (unpaired) electrons. The Morgan fingerprint density at radius 2 is 2.12 bits per heavy atom. The zero-order valence-electron chi connectivity index (χ0n) is 18.4. The van der Waals surface area contributed by atoms with Crippen LogP contribution in [0.25, 0.3) is 15.9 Å². The van der Waals surface area contributed by atoms with Crippen LogP contribution in [0, 0.1) is 12.8 Å². The normalized spacial score (nSPS) is 17.3. The molecule has 1 aliphatic heterocycles. The fraction of sp³-hybridized carbons (Fsp3) is 0.391. The lowest BCUT2D eigenvalue weighted by molar-refractivity contribution is -0.113. The number of anilines is 1. The molecule has 1 atom stereocenters. The lowest BCUT2D eigenvalue weighted by Crippen LogP contribution is -2.17. The van der Waals surface area contributed by atoms with Crippen LogP contribution in [0.1, 0.15) is 29.6 Å². The molecule has 6 rings (SSSR count). The minimum absolute atomic E-state index is 0.123. The molecular weight excluding hydrogens is 458 g/mol. The summed E-state index contributed by atoms with van der Waals surface area (Å²) in [5, 5.41) is 13.7. The molecule has 4 aromatic rings. The number of carbonyl (C=O) groups is 1. The van der Waals surface area contributed by atoms with Gasteiger partial charge >= 0.3 is 0 Å². The molecule has 10 heteroatoms. The number of aryl methyl sites for hydroxylation is 2. The van der Waals surface area contributed by atoms with Crippen molar-refractivity contribution in [1.29, 1.82) is 0 Å². The number of benzene rings is 1. The first-order valence-corrected chi connectivity index (χ1v) is 12.9. The standard InChI is InChI=1S/C23H23N5O3S2/c1-12-3-5-15-18(9-12)33-22-20(15)21-26-27-23(28(21)13(2)24-22)32-11-19(29)25-14-4-6-16-17(10-14)31-8-7-30-16/h4,6,10,12H,3,5,7-9,11H2,1-2H3,(H,25,29). The number of hydrogen-bond donors (Lipinski definition) is 1. The van der Waals surface area contributed by atoms with Gasteiger partial charge in [-0.2, -0.15) is 0 Å². The van der Waals surface area contributed by atoms with Crippen molar-refractivity contribution in [3.8, 4) is 11.5 Å². The summed E-state index contributed by atoms with van der Waals surface area (Å²) in [7, 11) is 0. The lowest BCUT2D eigenvalue weighted by Gasteiger charge is -2.18. The average Bonchev–Trinajstić information content (AvgIpc) is 3.38. The maximum atomic E-state index is 12.6. The molecule has 1 unspecified atom stereocenters. The second-order valence-electron chi connectivity index (χ2n) is 8.53. The summed E-state index contributed by atoms with van der Waals surface area (Å²) < 4.78 is 13.1. The van der Waals surface area contributed by atoms with E-state index in [0.29, 0.717) is 41.5 Å². The Morgan fingerprint density at radius 3 is 3.00 bits per heavy atom. The highest BCUT2D eigenvalue weighted by Crippen LogP contribution is 2.39. The van der Waals surface area contributed by atoms with Crippen LogP contribution < -0.4 is 14.8 Å². The van der Waals surface area contributed by atoms with Crippen LogP contribution in [0.3, 0.4) is 0 Å². The number of amides is 1. The van der Waals surface area contributed by atoms with Crippen molar-refractivity contribution >= 4 is 50.6 Å². The highest BCUT2D eigenvalue weighted by atomic mass is 32.2. The second-order valence-corrected chi connectivity index (χ2v) is 10.6. The molecule has 33 heavy (non-hydrogen) atoms. The number of rotatable bonds is 4. The van der Waals surface area contributed by atoms with Gasteiger partial charge in [-0.25, -0.2) is 4.98 Å². The molecule has 1 aromatic carbocycles. The van der Waals surface area contributed by atoms with Gasteiger partial charge in [0.05, 0.1) is 11.1 Å². The van der Waals surface area contributed by atoms with Crippen LogP contribution in [0.2, 0.25) is 0 Å². The topological polar surface area (TPSA) is 90.6 Å². The Bertz CT molecular complexity index is 1400. The van der Waals surface area contributed by atoms with E-state index in [0.717, 1.165) is 34.5 Å². The second kappa shape index (κ2) is 8.18. The molecule has 0 bridgehead atoms. The molecule has 0 saturated heterocycles. The van der Waals surface area contributed by atoms with E-state index in [1.807, 2.05) is 23.5 Å². The zero-order chi connectivity index (χ0) is 22.5. The molecular formula is C23H23N5O3S2. The van der Waals surface area contributed by atoms with E-state index < -0.39 is 0 Å². The Balaban J connectivity index is 1.23. The Morgan fingerprint density at radius 1 is 1.27 bits per heavy atom. The van der Waals surface area contributed by atoms with Gasteiger partial charge in [-0.3, -0.25) is 9.20 Å². The first-order chi connectivity index (χ1) is 16.1. The first kappa shape index (κ1) is 20.7. The molecule has 2 aliphatic rings. The maximum absolute atomic E-state index is 12.6. The average molecular weight is 482 g/mol. The van der Waals surface area contributed by atoms with Gasteiger partial charge in [-0.1, -0.05) is 18.7 Å². The Labute approximate surface area is 198 Å². The van der Waals surface area contributed by atoms with Gasteiger partial charge in [0, 0.05) is 16.6 Å². The van der Waals surface area contributed by atoms with Crippen molar-refractivity contribution in [2.24, 2.45) is 5.92 Å². The number of nitrogens with one attached hydrogen (secondary N) is 1. The van der Waals surface area contributed by atoms with E-state index in [4.69, 9.17) is 14.5 Å². The van der Waals surface area contributed by atoms with E-state index in [-0.39, 0.29) is 11.7 Å². The fourth-order valence-electron chi connectivity index (χ4n) is 4.51. The van der Waals surface area contributed by atoms with Gasteiger partial charge in [0.15, 0.2) is 22.3 Å². The Kier molecular flexibility index (Phi) is 5.14. The van der Waals surface area contributed by atoms with Crippen LogP contribution in [-0.2, 0) is 17.6 Å². The molecule has 1 N–H and O–H groups in total.